The minimum atomic E-state index is -1.57. The van der Waals surface area contributed by atoms with E-state index in [4.69, 9.17) is 5.11 Å². The second-order valence-corrected chi connectivity index (χ2v) is 4.49. The second-order valence-electron chi connectivity index (χ2n) is 3.69. The summed E-state index contributed by atoms with van der Waals surface area (Å²) in [6, 6.07) is 0. The van der Waals surface area contributed by atoms with E-state index in [0.717, 1.165) is 0 Å². The SMILES string of the molecule is Cc1c(C)c(C(O)C(=O)O)c(C)c(Br)c1O. The van der Waals surface area contributed by atoms with Gasteiger partial charge in [0, 0.05) is 0 Å². The fourth-order valence-electron chi connectivity index (χ4n) is 1.65. The third kappa shape index (κ3) is 1.92. The largest absolute Gasteiger partial charge is 0.506 e. The lowest BCUT2D eigenvalue weighted by Crippen LogP contribution is -2.14. The van der Waals surface area contributed by atoms with Crippen LogP contribution >= 0.6 is 15.9 Å². The van der Waals surface area contributed by atoms with Gasteiger partial charge in [-0.05, 0) is 59.0 Å². The number of aromatic hydroxyl groups is 1. The molecule has 0 aromatic heterocycles. The number of carbonyl (C=O) groups is 1. The molecule has 0 aliphatic rings. The van der Waals surface area contributed by atoms with Gasteiger partial charge in [0.2, 0.25) is 0 Å². The van der Waals surface area contributed by atoms with Crippen molar-refractivity contribution in [2.75, 3.05) is 0 Å². The van der Waals surface area contributed by atoms with E-state index < -0.39 is 12.1 Å². The van der Waals surface area contributed by atoms with Crippen molar-refractivity contribution >= 4 is 21.9 Å². The van der Waals surface area contributed by atoms with Gasteiger partial charge in [-0.25, -0.2) is 4.79 Å². The number of aliphatic carboxylic acids is 1. The summed E-state index contributed by atoms with van der Waals surface area (Å²) in [4.78, 5) is 10.8. The third-order valence-electron chi connectivity index (χ3n) is 2.77. The molecule has 1 rings (SSSR count). The molecule has 88 valence electrons. The van der Waals surface area contributed by atoms with Crippen LogP contribution < -0.4 is 0 Å². The van der Waals surface area contributed by atoms with Crippen molar-refractivity contribution in [2.24, 2.45) is 0 Å². The molecule has 0 amide bonds. The van der Waals surface area contributed by atoms with Crippen LogP contribution in [0.15, 0.2) is 4.47 Å². The highest BCUT2D eigenvalue weighted by Crippen LogP contribution is 2.38. The van der Waals surface area contributed by atoms with Crippen LogP contribution in [0, 0.1) is 20.8 Å². The van der Waals surface area contributed by atoms with Crippen LogP contribution in [-0.4, -0.2) is 21.3 Å². The number of phenols is 1. The Morgan fingerprint density at radius 2 is 1.69 bits per heavy atom. The maximum atomic E-state index is 10.8. The highest BCUT2D eigenvalue weighted by atomic mass is 79.9. The summed E-state index contributed by atoms with van der Waals surface area (Å²) < 4.78 is 0.422. The lowest BCUT2D eigenvalue weighted by atomic mass is 9.93. The Morgan fingerprint density at radius 3 is 2.12 bits per heavy atom. The molecular weight excluding hydrogens is 276 g/mol. The first-order valence-corrected chi connectivity index (χ1v) is 5.47. The summed E-state index contributed by atoms with van der Waals surface area (Å²) in [5, 5.41) is 28.1. The number of rotatable bonds is 2. The third-order valence-corrected chi connectivity index (χ3v) is 3.74. The molecule has 1 atom stereocenters. The van der Waals surface area contributed by atoms with Crippen LogP contribution in [0.25, 0.3) is 0 Å². The fraction of sp³-hybridized carbons (Fsp3) is 0.364. The van der Waals surface area contributed by atoms with E-state index in [0.29, 0.717) is 26.7 Å². The zero-order valence-corrected chi connectivity index (χ0v) is 10.8. The number of hydrogen-bond acceptors (Lipinski definition) is 3. The van der Waals surface area contributed by atoms with Crippen LogP contribution in [0.1, 0.15) is 28.4 Å². The number of hydrogen-bond donors (Lipinski definition) is 3. The van der Waals surface area contributed by atoms with E-state index in [9.17, 15) is 15.0 Å². The van der Waals surface area contributed by atoms with E-state index in [-0.39, 0.29) is 5.75 Å². The average molecular weight is 289 g/mol. The second kappa shape index (κ2) is 4.43. The summed E-state index contributed by atoms with van der Waals surface area (Å²) in [5.74, 6) is -1.22. The summed E-state index contributed by atoms with van der Waals surface area (Å²) in [7, 11) is 0. The summed E-state index contributed by atoms with van der Waals surface area (Å²) in [6.45, 7) is 5.00. The Kier molecular flexibility index (Phi) is 3.60. The first-order chi connectivity index (χ1) is 7.29. The highest BCUT2D eigenvalue weighted by Gasteiger charge is 2.24. The number of halogens is 1. The minimum Gasteiger partial charge on any atom is -0.506 e. The van der Waals surface area contributed by atoms with Crippen LogP contribution in [0.4, 0.5) is 0 Å². The Morgan fingerprint density at radius 1 is 1.19 bits per heavy atom. The number of carboxylic acids is 1. The van der Waals surface area contributed by atoms with E-state index >= 15 is 0 Å². The van der Waals surface area contributed by atoms with E-state index in [1.807, 2.05) is 0 Å². The Balaban J connectivity index is 3.57. The van der Waals surface area contributed by atoms with Crippen LogP contribution in [0.2, 0.25) is 0 Å². The molecule has 1 unspecified atom stereocenters. The maximum absolute atomic E-state index is 10.8. The predicted molar refractivity (Wildman–Crippen MR) is 62.6 cm³/mol. The fourth-order valence-corrected chi connectivity index (χ4v) is 2.17. The van der Waals surface area contributed by atoms with Gasteiger partial charge in [0.1, 0.15) is 5.75 Å². The summed E-state index contributed by atoms with van der Waals surface area (Å²) >= 11 is 3.18. The van der Waals surface area contributed by atoms with Crippen molar-refractivity contribution in [2.45, 2.75) is 26.9 Å². The van der Waals surface area contributed by atoms with Crippen LogP contribution in [0.3, 0.4) is 0 Å². The van der Waals surface area contributed by atoms with Gasteiger partial charge in [0.25, 0.3) is 0 Å². The Bertz CT molecular complexity index is 425. The predicted octanol–water partition coefficient (Wildman–Crippen LogP) is 2.20. The minimum absolute atomic E-state index is 0.0799. The number of benzene rings is 1. The summed E-state index contributed by atoms with van der Waals surface area (Å²) in [5.41, 5.74) is 2.02. The van der Waals surface area contributed by atoms with Gasteiger partial charge in [0.05, 0.1) is 4.47 Å². The van der Waals surface area contributed by atoms with Crippen LogP contribution in [0.5, 0.6) is 5.75 Å². The van der Waals surface area contributed by atoms with Crippen molar-refractivity contribution in [3.8, 4) is 5.75 Å². The molecule has 0 heterocycles. The average Bonchev–Trinajstić information content (AvgIpc) is 2.23. The number of aliphatic hydroxyl groups is 1. The molecular formula is C11H13BrO4. The van der Waals surface area contributed by atoms with E-state index in [1.54, 1.807) is 20.8 Å². The number of carboxylic acid groups (broad SMARTS) is 1. The monoisotopic (exact) mass is 288 g/mol. The molecule has 0 spiro atoms. The van der Waals surface area contributed by atoms with Gasteiger partial charge >= 0.3 is 5.97 Å². The molecule has 1 aromatic carbocycles. The molecule has 0 saturated carbocycles. The number of aliphatic hydroxyl groups excluding tert-OH is 1. The normalized spacial score (nSPS) is 12.6. The smallest absolute Gasteiger partial charge is 0.337 e. The van der Waals surface area contributed by atoms with Gasteiger partial charge < -0.3 is 15.3 Å². The van der Waals surface area contributed by atoms with Crippen molar-refractivity contribution in [1.82, 2.24) is 0 Å². The first-order valence-electron chi connectivity index (χ1n) is 4.68. The molecule has 0 aliphatic heterocycles. The molecule has 0 radical (unpaired) electrons. The first kappa shape index (κ1) is 13.0. The van der Waals surface area contributed by atoms with E-state index in [1.165, 1.54) is 0 Å². The lowest BCUT2D eigenvalue weighted by molar-refractivity contribution is -0.147. The highest BCUT2D eigenvalue weighted by molar-refractivity contribution is 9.10. The molecule has 0 bridgehead atoms. The molecule has 16 heavy (non-hydrogen) atoms. The standard InChI is InChI=1S/C11H13BrO4/c1-4-5(2)9(13)8(12)6(3)7(4)10(14)11(15)16/h10,13-14H,1-3H3,(H,15,16). The molecule has 1 aromatic rings. The zero-order chi connectivity index (χ0) is 12.6. The Labute approximate surface area is 102 Å². The van der Waals surface area contributed by atoms with Gasteiger partial charge in [-0.1, -0.05) is 0 Å². The lowest BCUT2D eigenvalue weighted by Gasteiger charge is -2.18. The number of phenolic OH excluding ortho intramolecular Hbond substituents is 1. The van der Waals surface area contributed by atoms with E-state index in [2.05, 4.69) is 15.9 Å². The van der Waals surface area contributed by atoms with Crippen molar-refractivity contribution in [3.05, 3.63) is 26.7 Å². The van der Waals surface area contributed by atoms with Crippen molar-refractivity contribution in [3.63, 3.8) is 0 Å². The topological polar surface area (TPSA) is 77.8 Å². The molecule has 0 saturated heterocycles. The van der Waals surface area contributed by atoms with Crippen LogP contribution in [-0.2, 0) is 4.79 Å². The van der Waals surface area contributed by atoms with Gasteiger partial charge in [-0.3, -0.25) is 0 Å². The maximum Gasteiger partial charge on any atom is 0.337 e. The Hall–Kier alpha value is -1.07. The van der Waals surface area contributed by atoms with Gasteiger partial charge in [-0.15, -0.1) is 0 Å². The van der Waals surface area contributed by atoms with Crippen molar-refractivity contribution < 1.29 is 20.1 Å². The summed E-state index contributed by atoms with van der Waals surface area (Å²) in [6.07, 6.45) is -1.57. The van der Waals surface area contributed by atoms with Crippen molar-refractivity contribution in [1.29, 1.82) is 0 Å². The molecule has 5 heteroatoms. The quantitative estimate of drug-likeness (QED) is 0.780. The molecule has 0 aliphatic carbocycles. The van der Waals surface area contributed by atoms with Gasteiger partial charge in [0.15, 0.2) is 6.10 Å². The molecule has 3 N–H and O–H groups in total. The molecule has 4 nitrogen and oxygen atoms in total. The zero-order valence-electron chi connectivity index (χ0n) is 9.21. The molecule has 0 fully saturated rings. The van der Waals surface area contributed by atoms with Gasteiger partial charge in [-0.2, -0.15) is 0 Å².